The third kappa shape index (κ3) is 3.23. The van der Waals surface area contributed by atoms with Crippen molar-refractivity contribution >= 4 is 5.78 Å². The van der Waals surface area contributed by atoms with E-state index in [4.69, 9.17) is 14.9 Å². The first-order valence-electron chi connectivity index (χ1n) is 6.20. The van der Waals surface area contributed by atoms with E-state index in [9.17, 15) is 4.79 Å². The van der Waals surface area contributed by atoms with Crippen LogP contribution >= 0.6 is 0 Å². The first-order valence-corrected chi connectivity index (χ1v) is 6.20. The van der Waals surface area contributed by atoms with Gasteiger partial charge in [-0.05, 0) is 50.2 Å². The Hall–Kier alpha value is -2.07. The summed E-state index contributed by atoms with van der Waals surface area (Å²) < 4.78 is 10.9. The van der Waals surface area contributed by atoms with Crippen molar-refractivity contribution < 1.29 is 13.9 Å². The van der Waals surface area contributed by atoms with Crippen LogP contribution < -0.4 is 10.5 Å². The molecule has 19 heavy (non-hydrogen) atoms. The van der Waals surface area contributed by atoms with E-state index < -0.39 is 0 Å². The Kier molecular flexibility index (Phi) is 4.02. The molecular formula is C15H17NO3. The van der Waals surface area contributed by atoms with Gasteiger partial charge in [-0.2, -0.15) is 0 Å². The molecule has 0 atom stereocenters. The van der Waals surface area contributed by atoms with Gasteiger partial charge in [-0.1, -0.05) is 0 Å². The second kappa shape index (κ2) is 5.71. The summed E-state index contributed by atoms with van der Waals surface area (Å²) in [5, 5.41) is 0. The monoisotopic (exact) mass is 259 g/mol. The van der Waals surface area contributed by atoms with Gasteiger partial charge in [0.25, 0.3) is 0 Å². The van der Waals surface area contributed by atoms with E-state index >= 15 is 0 Å². The van der Waals surface area contributed by atoms with Gasteiger partial charge in [0, 0.05) is 5.56 Å². The topological polar surface area (TPSA) is 65.5 Å². The van der Waals surface area contributed by atoms with Gasteiger partial charge in [0.2, 0.25) is 5.78 Å². The first kappa shape index (κ1) is 13.4. The van der Waals surface area contributed by atoms with E-state index in [1.807, 2.05) is 13.8 Å². The van der Waals surface area contributed by atoms with Crippen LogP contribution in [0.2, 0.25) is 0 Å². The molecule has 0 saturated carbocycles. The van der Waals surface area contributed by atoms with Crippen LogP contribution in [0.15, 0.2) is 40.8 Å². The highest BCUT2D eigenvalue weighted by molar-refractivity contribution is 6.07. The number of benzene rings is 1. The fourth-order valence-corrected chi connectivity index (χ4v) is 1.71. The molecule has 0 aliphatic heterocycles. The number of hydrogen-bond acceptors (Lipinski definition) is 4. The third-order valence-corrected chi connectivity index (χ3v) is 2.57. The summed E-state index contributed by atoms with van der Waals surface area (Å²) in [7, 11) is 0. The lowest BCUT2D eigenvalue weighted by atomic mass is 10.1. The van der Waals surface area contributed by atoms with Gasteiger partial charge < -0.3 is 14.9 Å². The highest BCUT2D eigenvalue weighted by Crippen LogP contribution is 2.17. The molecule has 0 fully saturated rings. The highest BCUT2D eigenvalue weighted by atomic mass is 16.5. The normalized spacial score (nSPS) is 10.7. The Morgan fingerprint density at radius 1 is 1.21 bits per heavy atom. The van der Waals surface area contributed by atoms with Crippen molar-refractivity contribution in [3.63, 3.8) is 0 Å². The van der Waals surface area contributed by atoms with Gasteiger partial charge in [0.15, 0.2) is 5.76 Å². The van der Waals surface area contributed by atoms with Crippen molar-refractivity contribution in [2.75, 3.05) is 0 Å². The van der Waals surface area contributed by atoms with E-state index in [1.54, 1.807) is 36.4 Å². The number of carbonyl (C=O) groups is 1. The first-order chi connectivity index (χ1) is 9.10. The van der Waals surface area contributed by atoms with Crippen LogP contribution in [-0.4, -0.2) is 11.9 Å². The highest BCUT2D eigenvalue weighted by Gasteiger charge is 2.13. The summed E-state index contributed by atoms with van der Waals surface area (Å²) in [5.41, 5.74) is 6.01. The van der Waals surface area contributed by atoms with Gasteiger partial charge in [0.1, 0.15) is 11.5 Å². The van der Waals surface area contributed by atoms with Crippen LogP contribution in [0.5, 0.6) is 5.75 Å². The van der Waals surface area contributed by atoms with Crippen molar-refractivity contribution in [3.05, 3.63) is 53.5 Å². The van der Waals surface area contributed by atoms with E-state index in [2.05, 4.69) is 0 Å². The zero-order chi connectivity index (χ0) is 13.8. The summed E-state index contributed by atoms with van der Waals surface area (Å²) in [5.74, 6) is 1.49. The zero-order valence-electron chi connectivity index (χ0n) is 11.1. The van der Waals surface area contributed by atoms with E-state index in [0.29, 0.717) is 17.1 Å². The lowest BCUT2D eigenvalue weighted by Crippen LogP contribution is -2.06. The van der Waals surface area contributed by atoms with E-state index in [1.165, 1.54) is 0 Å². The fraction of sp³-hybridized carbons (Fsp3) is 0.267. The summed E-state index contributed by atoms with van der Waals surface area (Å²) in [6, 6.07) is 10.4. The summed E-state index contributed by atoms with van der Waals surface area (Å²) in [4.78, 5) is 12.1. The van der Waals surface area contributed by atoms with Crippen LogP contribution in [0.3, 0.4) is 0 Å². The van der Waals surface area contributed by atoms with Crippen molar-refractivity contribution in [3.8, 4) is 5.75 Å². The summed E-state index contributed by atoms with van der Waals surface area (Å²) in [6.07, 6.45) is 0.110. The number of ether oxygens (including phenoxy) is 1. The molecule has 0 aliphatic rings. The lowest BCUT2D eigenvalue weighted by Gasteiger charge is -2.09. The maximum atomic E-state index is 12.1. The maximum Gasteiger partial charge on any atom is 0.228 e. The van der Waals surface area contributed by atoms with Crippen molar-refractivity contribution in [2.24, 2.45) is 5.73 Å². The van der Waals surface area contributed by atoms with Crippen molar-refractivity contribution in [1.82, 2.24) is 0 Å². The standard InChI is InChI=1S/C15H17NO3/c1-10(2)18-12-5-3-11(4-6-12)15(17)14-8-7-13(9-16)19-14/h3-8,10H,9,16H2,1-2H3. The number of rotatable bonds is 5. The minimum atomic E-state index is -0.157. The minimum absolute atomic E-state index is 0.110. The molecule has 2 aromatic rings. The third-order valence-electron chi connectivity index (χ3n) is 2.57. The van der Waals surface area contributed by atoms with E-state index in [0.717, 1.165) is 5.75 Å². The van der Waals surface area contributed by atoms with Crippen LogP contribution in [0, 0.1) is 0 Å². The number of ketones is 1. The second-order valence-corrected chi connectivity index (χ2v) is 4.49. The molecule has 2 N–H and O–H groups in total. The molecule has 2 rings (SSSR count). The number of hydrogen-bond donors (Lipinski definition) is 1. The summed E-state index contributed by atoms with van der Waals surface area (Å²) in [6.45, 7) is 4.20. The van der Waals surface area contributed by atoms with Crippen LogP contribution in [0.25, 0.3) is 0 Å². The Labute approximate surface area is 112 Å². The van der Waals surface area contributed by atoms with Gasteiger partial charge in [-0.15, -0.1) is 0 Å². The molecule has 0 radical (unpaired) electrons. The van der Waals surface area contributed by atoms with E-state index in [-0.39, 0.29) is 18.4 Å². The Balaban J connectivity index is 2.15. The SMILES string of the molecule is CC(C)Oc1ccc(C(=O)c2ccc(CN)o2)cc1. The molecular weight excluding hydrogens is 242 g/mol. The molecule has 0 saturated heterocycles. The summed E-state index contributed by atoms with van der Waals surface area (Å²) >= 11 is 0. The lowest BCUT2D eigenvalue weighted by molar-refractivity contribution is 0.101. The van der Waals surface area contributed by atoms with Crippen LogP contribution in [0.1, 0.15) is 35.7 Å². The number of furan rings is 1. The van der Waals surface area contributed by atoms with Crippen LogP contribution in [-0.2, 0) is 6.54 Å². The average molecular weight is 259 g/mol. The second-order valence-electron chi connectivity index (χ2n) is 4.49. The molecule has 1 aromatic heterocycles. The van der Waals surface area contributed by atoms with Gasteiger partial charge in [0.05, 0.1) is 12.6 Å². The van der Waals surface area contributed by atoms with Gasteiger partial charge in [-0.3, -0.25) is 4.79 Å². The molecule has 0 bridgehead atoms. The molecule has 0 unspecified atom stereocenters. The molecule has 1 aromatic carbocycles. The number of nitrogens with two attached hydrogens (primary N) is 1. The van der Waals surface area contributed by atoms with Crippen molar-refractivity contribution in [1.29, 1.82) is 0 Å². The molecule has 0 amide bonds. The Morgan fingerprint density at radius 3 is 2.42 bits per heavy atom. The predicted octanol–water partition coefficient (Wildman–Crippen LogP) is 2.76. The molecule has 1 heterocycles. The van der Waals surface area contributed by atoms with Gasteiger partial charge >= 0.3 is 0 Å². The molecule has 0 spiro atoms. The fourth-order valence-electron chi connectivity index (χ4n) is 1.71. The maximum absolute atomic E-state index is 12.1. The average Bonchev–Trinajstić information content (AvgIpc) is 2.87. The van der Waals surface area contributed by atoms with Gasteiger partial charge in [-0.25, -0.2) is 0 Å². The smallest absolute Gasteiger partial charge is 0.228 e. The van der Waals surface area contributed by atoms with Crippen LogP contribution in [0.4, 0.5) is 0 Å². The Morgan fingerprint density at radius 2 is 1.89 bits per heavy atom. The predicted molar refractivity (Wildman–Crippen MR) is 72.2 cm³/mol. The zero-order valence-corrected chi connectivity index (χ0v) is 11.1. The molecule has 4 nitrogen and oxygen atoms in total. The number of carbonyl (C=O) groups excluding carboxylic acids is 1. The molecule has 100 valence electrons. The minimum Gasteiger partial charge on any atom is -0.491 e. The van der Waals surface area contributed by atoms with Crippen molar-refractivity contribution in [2.45, 2.75) is 26.5 Å². The largest absolute Gasteiger partial charge is 0.491 e. The molecule has 0 aliphatic carbocycles. The molecule has 4 heteroatoms. The Bertz CT molecular complexity index is 555. The quantitative estimate of drug-likeness (QED) is 0.838.